The van der Waals surface area contributed by atoms with Crippen LogP contribution in [0.25, 0.3) is 0 Å². The number of carbonyl (C=O) groups excluding carboxylic acids is 2. The first-order chi connectivity index (χ1) is 16.9. The molecule has 36 heavy (non-hydrogen) atoms. The van der Waals surface area contributed by atoms with E-state index in [0.29, 0.717) is 17.7 Å². The molecule has 0 aromatic heterocycles. The first-order valence-electron chi connectivity index (χ1n) is 11.6. The Labute approximate surface area is 213 Å². The number of rotatable bonds is 12. The zero-order chi connectivity index (χ0) is 27.0. The highest BCUT2D eigenvalue weighted by Gasteiger charge is 2.34. The van der Waals surface area contributed by atoms with Crippen molar-refractivity contribution in [1.29, 1.82) is 0 Å². The van der Waals surface area contributed by atoms with Gasteiger partial charge in [-0.25, -0.2) is 8.70 Å². The van der Waals surface area contributed by atoms with E-state index < -0.39 is 34.5 Å². The van der Waals surface area contributed by atoms with Gasteiger partial charge in [0.15, 0.2) is 0 Å². The molecule has 1 atom stereocenters. The van der Waals surface area contributed by atoms with Crippen LogP contribution < -0.4 is 14.4 Å². The molecule has 9 nitrogen and oxygen atoms in total. The van der Waals surface area contributed by atoms with E-state index >= 15 is 0 Å². The second-order valence-corrected chi connectivity index (χ2v) is 10.8. The molecule has 11 heteroatoms. The number of hydrogen-bond acceptors (Lipinski definition) is 5. The Hall–Kier alpha value is -3.18. The lowest BCUT2D eigenvalue weighted by atomic mass is 10.1. The number of ether oxygens (including phenoxy) is 1. The van der Waals surface area contributed by atoms with Crippen molar-refractivity contribution in [3.63, 3.8) is 0 Å². The van der Waals surface area contributed by atoms with Crippen LogP contribution in [0.5, 0.6) is 5.75 Å². The summed E-state index contributed by atoms with van der Waals surface area (Å²) in [6.45, 7) is 4.89. The monoisotopic (exact) mass is 522 g/mol. The molecule has 2 amide bonds. The lowest BCUT2D eigenvalue weighted by molar-refractivity contribution is -0.140. The minimum Gasteiger partial charge on any atom is -0.497 e. The molecule has 2 rings (SSSR count). The van der Waals surface area contributed by atoms with Gasteiger partial charge in [0.25, 0.3) is 0 Å². The van der Waals surface area contributed by atoms with Crippen LogP contribution in [-0.2, 0) is 26.3 Å². The van der Waals surface area contributed by atoms with Gasteiger partial charge < -0.3 is 15.0 Å². The normalized spacial score (nSPS) is 12.4. The minimum atomic E-state index is -4.11. The van der Waals surface area contributed by atoms with Crippen LogP contribution in [0.3, 0.4) is 0 Å². The van der Waals surface area contributed by atoms with Crippen molar-refractivity contribution in [1.82, 2.24) is 14.5 Å². The second kappa shape index (κ2) is 12.7. The fourth-order valence-corrected chi connectivity index (χ4v) is 4.65. The molecule has 2 aromatic rings. The molecule has 0 saturated carbocycles. The number of nitrogens with one attached hydrogen (secondary N) is 1. The summed E-state index contributed by atoms with van der Waals surface area (Å²) < 4.78 is 46.9. The molecule has 0 spiro atoms. The Kier molecular flexibility index (Phi) is 10.2. The van der Waals surface area contributed by atoms with E-state index in [4.69, 9.17) is 4.74 Å². The van der Waals surface area contributed by atoms with Crippen molar-refractivity contribution >= 4 is 27.7 Å². The summed E-state index contributed by atoms with van der Waals surface area (Å²) in [7, 11) is 0.1000. The number of nitrogens with zero attached hydrogens (tertiary/aromatic N) is 3. The lowest BCUT2D eigenvalue weighted by Gasteiger charge is -2.34. The standard InChI is InChI=1S/C25H35FN4O5S/c1-7-23(25(32)27-18(2)3)29(16-19-9-8-10-22(15-19)35-6)24(31)17-30(36(33,34)28(4)5)21-13-11-20(26)12-14-21/h8-15,18,23H,7,16-17H2,1-6H3,(H,27,32). The zero-order valence-electron chi connectivity index (χ0n) is 21.6. The van der Waals surface area contributed by atoms with E-state index in [2.05, 4.69) is 5.32 Å². The highest BCUT2D eigenvalue weighted by molar-refractivity contribution is 7.90. The molecule has 0 aliphatic heterocycles. The molecule has 0 radical (unpaired) electrons. The van der Waals surface area contributed by atoms with Gasteiger partial charge in [-0.15, -0.1) is 0 Å². The summed E-state index contributed by atoms with van der Waals surface area (Å²) in [5.41, 5.74) is 0.835. The Bertz CT molecular complexity index is 1140. The number of benzene rings is 2. The Morgan fingerprint density at radius 1 is 1.08 bits per heavy atom. The van der Waals surface area contributed by atoms with E-state index in [0.717, 1.165) is 20.7 Å². The predicted molar refractivity (Wildman–Crippen MR) is 137 cm³/mol. The SMILES string of the molecule is CCC(C(=O)NC(C)C)N(Cc1cccc(OC)c1)C(=O)CN(c1ccc(F)cc1)S(=O)(=O)N(C)C. The van der Waals surface area contributed by atoms with Gasteiger partial charge in [-0.3, -0.25) is 9.59 Å². The maximum Gasteiger partial charge on any atom is 0.304 e. The number of amides is 2. The summed E-state index contributed by atoms with van der Waals surface area (Å²) >= 11 is 0. The van der Waals surface area contributed by atoms with Crippen LogP contribution in [-0.4, -0.2) is 69.3 Å². The minimum absolute atomic E-state index is 0.0549. The smallest absolute Gasteiger partial charge is 0.304 e. The van der Waals surface area contributed by atoms with E-state index in [1.54, 1.807) is 31.2 Å². The van der Waals surface area contributed by atoms with Crippen LogP contribution >= 0.6 is 0 Å². The fraction of sp³-hybridized carbons (Fsp3) is 0.440. The van der Waals surface area contributed by atoms with Gasteiger partial charge >= 0.3 is 10.2 Å². The molecule has 2 aromatic carbocycles. The molecule has 0 aliphatic carbocycles. The summed E-state index contributed by atoms with van der Waals surface area (Å²) in [5, 5.41) is 2.84. The quantitative estimate of drug-likeness (QED) is 0.462. The molecule has 1 unspecified atom stereocenters. The first kappa shape index (κ1) is 29.1. The van der Waals surface area contributed by atoms with E-state index in [1.165, 1.54) is 38.2 Å². The molecule has 1 N–H and O–H groups in total. The third-order valence-corrected chi connectivity index (χ3v) is 7.26. The van der Waals surface area contributed by atoms with E-state index in [1.807, 2.05) is 13.8 Å². The molecule has 0 fully saturated rings. The van der Waals surface area contributed by atoms with Crippen molar-refractivity contribution in [2.75, 3.05) is 32.1 Å². The Morgan fingerprint density at radius 3 is 2.25 bits per heavy atom. The summed E-state index contributed by atoms with van der Waals surface area (Å²) in [6.07, 6.45) is 0.311. The fourth-order valence-electron chi connectivity index (χ4n) is 3.59. The molecular formula is C25H35FN4O5S. The van der Waals surface area contributed by atoms with Gasteiger partial charge in [-0.05, 0) is 62.2 Å². The molecule has 0 saturated heterocycles. The van der Waals surface area contributed by atoms with Crippen LogP contribution in [0.15, 0.2) is 48.5 Å². The van der Waals surface area contributed by atoms with Crippen molar-refractivity contribution in [2.45, 2.75) is 45.8 Å². The maximum absolute atomic E-state index is 13.7. The summed E-state index contributed by atoms with van der Waals surface area (Å²) in [6, 6.07) is 10.9. The molecule has 0 aliphatic rings. The third-order valence-electron chi connectivity index (χ3n) is 5.44. The van der Waals surface area contributed by atoms with Gasteiger partial charge in [-0.2, -0.15) is 12.7 Å². The largest absolute Gasteiger partial charge is 0.497 e. The number of methoxy groups -OCH3 is 1. The van der Waals surface area contributed by atoms with Crippen molar-refractivity contribution in [3.05, 3.63) is 59.9 Å². The predicted octanol–water partition coefficient (Wildman–Crippen LogP) is 2.78. The zero-order valence-corrected chi connectivity index (χ0v) is 22.4. The average Bonchev–Trinajstić information content (AvgIpc) is 2.82. The lowest BCUT2D eigenvalue weighted by Crippen LogP contribution is -2.54. The second-order valence-electron chi connectivity index (χ2n) is 8.73. The average molecular weight is 523 g/mol. The summed E-state index contributed by atoms with van der Waals surface area (Å²) in [4.78, 5) is 28.1. The van der Waals surface area contributed by atoms with Gasteiger partial charge in [0.05, 0.1) is 12.8 Å². The molecule has 198 valence electrons. The Balaban J connectivity index is 2.51. The number of halogens is 1. The highest BCUT2D eigenvalue weighted by Crippen LogP contribution is 2.22. The number of hydrogen-bond donors (Lipinski definition) is 1. The van der Waals surface area contributed by atoms with Crippen molar-refractivity contribution in [2.24, 2.45) is 0 Å². The topological polar surface area (TPSA) is 99.3 Å². The molecule has 0 bridgehead atoms. The first-order valence-corrected chi connectivity index (χ1v) is 13.0. The van der Waals surface area contributed by atoms with Crippen molar-refractivity contribution < 1.29 is 27.1 Å². The highest BCUT2D eigenvalue weighted by atomic mass is 32.2. The van der Waals surface area contributed by atoms with E-state index in [-0.39, 0.29) is 24.2 Å². The van der Waals surface area contributed by atoms with Crippen LogP contribution in [0, 0.1) is 5.82 Å². The summed E-state index contributed by atoms with van der Waals surface area (Å²) in [5.74, 6) is -0.878. The van der Waals surface area contributed by atoms with Crippen LogP contribution in [0.4, 0.5) is 10.1 Å². The van der Waals surface area contributed by atoms with Gasteiger partial charge in [0.2, 0.25) is 11.8 Å². The van der Waals surface area contributed by atoms with Gasteiger partial charge in [-0.1, -0.05) is 19.1 Å². The third kappa shape index (κ3) is 7.41. The Morgan fingerprint density at radius 2 is 1.72 bits per heavy atom. The van der Waals surface area contributed by atoms with Gasteiger partial charge in [0.1, 0.15) is 24.2 Å². The maximum atomic E-state index is 13.7. The number of anilines is 1. The molecular weight excluding hydrogens is 487 g/mol. The van der Waals surface area contributed by atoms with Gasteiger partial charge in [0, 0.05) is 26.7 Å². The molecule has 0 heterocycles. The number of carbonyl (C=O) groups is 2. The van der Waals surface area contributed by atoms with Crippen molar-refractivity contribution in [3.8, 4) is 5.75 Å². The van der Waals surface area contributed by atoms with Crippen LogP contribution in [0.1, 0.15) is 32.8 Å². The van der Waals surface area contributed by atoms with E-state index in [9.17, 15) is 22.4 Å². The van der Waals surface area contributed by atoms with Crippen LogP contribution in [0.2, 0.25) is 0 Å².